The van der Waals surface area contributed by atoms with E-state index in [1.54, 1.807) is 0 Å². The lowest BCUT2D eigenvalue weighted by atomic mass is 10.1. The highest BCUT2D eigenvalue weighted by atomic mass is 32.1. The molecule has 0 radical (unpaired) electrons. The first-order valence-corrected chi connectivity index (χ1v) is 7.09. The largest absolute Gasteiger partial charge is 0.358 e. The van der Waals surface area contributed by atoms with Crippen molar-refractivity contribution < 1.29 is 0 Å². The summed E-state index contributed by atoms with van der Waals surface area (Å²) in [7, 11) is 0. The van der Waals surface area contributed by atoms with Crippen LogP contribution in [0.4, 0.5) is 5.13 Å². The smallest absolute Gasteiger partial charge is 0.203 e. The molecule has 96 valence electrons. The van der Waals surface area contributed by atoms with Crippen molar-refractivity contribution in [3.63, 3.8) is 0 Å². The van der Waals surface area contributed by atoms with E-state index in [9.17, 15) is 0 Å². The van der Waals surface area contributed by atoms with Crippen molar-refractivity contribution in [2.75, 3.05) is 5.32 Å². The molecule has 1 aromatic heterocycles. The van der Waals surface area contributed by atoms with Crippen molar-refractivity contribution >= 4 is 27.4 Å². The molecule has 19 heavy (non-hydrogen) atoms. The maximum absolute atomic E-state index is 4.52. The zero-order valence-corrected chi connectivity index (χ0v) is 11.7. The molecular weight excluding hydrogens is 254 g/mol. The molecule has 0 aliphatic rings. The Morgan fingerprint density at radius 3 is 2.63 bits per heavy atom. The minimum absolute atomic E-state index is 0.373. The van der Waals surface area contributed by atoms with Gasteiger partial charge in [0, 0.05) is 23.1 Å². The van der Waals surface area contributed by atoms with Crippen molar-refractivity contribution in [2.45, 2.75) is 19.9 Å². The molecule has 0 saturated heterocycles. The maximum Gasteiger partial charge on any atom is 0.203 e. The first-order chi connectivity index (χ1) is 9.22. The van der Waals surface area contributed by atoms with Crippen molar-refractivity contribution in [2.24, 2.45) is 0 Å². The van der Waals surface area contributed by atoms with E-state index in [0.717, 1.165) is 16.5 Å². The van der Waals surface area contributed by atoms with Gasteiger partial charge in [0.15, 0.2) is 5.82 Å². The standard InChI is InChI=1S/C15H15N3S/c1-10(2)16-15-17-14(18-19-15)13-8-7-11-5-3-4-6-12(11)9-13/h3-10H,1-2H3,(H,16,17,18). The number of anilines is 1. The highest BCUT2D eigenvalue weighted by Gasteiger charge is 2.07. The zero-order valence-electron chi connectivity index (χ0n) is 10.9. The van der Waals surface area contributed by atoms with E-state index in [2.05, 4.69) is 58.9 Å². The summed E-state index contributed by atoms with van der Waals surface area (Å²) >= 11 is 1.41. The van der Waals surface area contributed by atoms with Gasteiger partial charge in [-0.3, -0.25) is 0 Å². The van der Waals surface area contributed by atoms with Gasteiger partial charge in [0.05, 0.1) is 0 Å². The second-order valence-corrected chi connectivity index (χ2v) is 5.54. The molecule has 3 aromatic rings. The molecule has 0 amide bonds. The molecule has 0 fully saturated rings. The molecule has 1 heterocycles. The van der Waals surface area contributed by atoms with Gasteiger partial charge < -0.3 is 5.32 Å². The fourth-order valence-electron chi connectivity index (χ4n) is 1.97. The van der Waals surface area contributed by atoms with Crippen LogP contribution in [0.1, 0.15) is 13.8 Å². The molecule has 1 N–H and O–H groups in total. The Bertz CT molecular complexity index is 703. The first kappa shape index (κ1) is 12.1. The molecule has 3 nitrogen and oxygen atoms in total. The molecule has 0 atom stereocenters. The van der Waals surface area contributed by atoms with Crippen molar-refractivity contribution in [3.05, 3.63) is 42.5 Å². The number of rotatable bonds is 3. The normalized spacial score (nSPS) is 11.1. The summed E-state index contributed by atoms with van der Waals surface area (Å²) in [4.78, 5) is 4.52. The number of hydrogen-bond donors (Lipinski definition) is 1. The molecular formula is C15H15N3S. The first-order valence-electron chi connectivity index (χ1n) is 6.32. The van der Waals surface area contributed by atoms with E-state index >= 15 is 0 Å². The highest BCUT2D eigenvalue weighted by molar-refractivity contribution is 7.09. The predicted octanol–water partition coefficient (Wildman–Crippen LogP) is 4.18. The van der Waals surface area contributed by atoms with E-state index < -0.39 is 0 Å². The van der Waals surface area contributed by atoms with Gasteiger partial charge in [-0.05, 0) is 30.7 Å². The molecule has 0 bridgehead atoms. The fraction of sp³-hybridized carbons (Fsp3) is 0.200. The Balaban J connectivity index is 1.97. The Morgan fingerprint density at radius 2 is 1.84 bits per heavy atom. The van der Waals surface area contributed by atoms with Crippen LogP contribution in [0, 0.1) is 0 Å². The van der Waals surface area contributed by atoms with Crippen LogP contribution in [-0.4, -0.2) is 15.4 Å². The highest BCUT2D eigenvalue weighted by Crippen LogP contribution is 2.25. The monoisotopic (exact) mass is 269 g/mol. The third kappa shape index (κ3) is 2.58. The van der Waals surface area contributed by atoms with Gasteiger partial charge >= 0.3 is 0 Å². The van der Waals surface area contributed by atoms with Crippen LogP contribution in [0.3, 0.4) is 0 Å². The van der Waals surface area contributed by atoms with Gasteiger partial charge in [-0.2, -0.15) is 9.36 Å². The maximum atomic E-state index is 4.52. The lowest BCUT2D eigenvalue weighted by molar-refractivity contribution is 0.896. The lowest BCUT2D eigenvalue weighted by Gasteiger charge is -2.03. The minimum Gasteiger partial charge on any atom is -0.358 e. The van der Waals surface area contributed by atoms with Gasteiger partial charge in [-0.1, -0.05) is 36.4 Å². The van der Waals surface area contributed by atoms with Gasteiger partial charge in [-0.15, -0.1) is 0 Å². The summed E-state index contributed by atoms with van der Waals surface area (Å²) in [6.07, 6.45) is 0. The minimum atomic E-state index is 0.373. The summed E-state index contributed by atoms with van der Waals surface area (Å²) in [5.41, 5.74) is 1.06. The SMILES string of the molecule is CC(C)Nc1nc(-c2ccc3ccccc3c2)ns1. The molecule has 0 aliphatic heterocycles. The van der Waals surface area contributed by atoms with E-state index in [1.807, 2.05) is 12.1 Å². The number of fused-ring (bicyclic) bond motifs is 1. The van der Waals surface area contributed by atoms with E-state index in [-0.39, 0.29) is 0 Å². The molecule has 0 unspecified atom stereocenters. The Hall–Kier alpha value is -1.94. The van der Waals surface area contributed by atoms with Crippen LogP contribution in [0.2, 0.25) is 0 Å². The third-order valence-corrected chi connectivity index (χ3v) is 3.49. The van der Waals surface area contributed by atoms with Crippen molar-refractivity contribution in [3.8, 4) is 11.4 Å². The number of nitrogens with one attached hydrogen (secondary N) is 1. The van der Waals surface area contributed by atoms with E-state index in [4.69, 9.17) is 0 Å². The summed E-state index contributed by atoms with van der Waals surface area (Å²) in [5.74, 6) is 0.791. The van der Waals surface area contributed by atoms with Gasteiger partial charge in [0.25, 0.3) is 0 Å². The van der Waals surface area contributed by atoms with E-state index in [1.165, 1.54) is 22.3 Å². The van der Waals surface area contributed by atoms with Crippen LogP contribution in [0.25, 0.3) is 22.2 Å². The van der Waals surface area contributed by atoms with Crippen molar-refractivity contribution in [1.82, 2.24) is 9.36 Å². The van der Waals surface area contributed by atoms with E-state index in [0.29, 0.717) is 6.04 Å². The van der Waals surface area contributed by atoms with Gasteiger partial charge in [0.2, 0.25) is 5.13 Å². The number of benzene rings is 2. The van der Waals surface area contributed by atoms with Crippen LogP contribution < -0.4 is 5.32 Å². The number of hydrogen-bond acceptors (Lipinski definition) is 4. The Kier molecular flexibility index (Phi) is 3.17. The summed E-state index contributed by atoms with van der Waals surface area (Å²) in [5, 5.41) is 6.60. The quantitative estimate of drug-likeness (QED) is 0.775. The molecule has 2 aromatic carbocycles. The molecule has 3 rings (SSSR count). The second-order valence-electron chi connectivity index (χ2n) is 4.78. The fourth-order valence-corrected chi connectivity index (χ4v) is 2.71. The van der Waals surface area contributed by atoms with Crippen LogP contribution in [-0.2, 0) is 0 Å². The van der Waals surface area contributed by atoms with Crippen LogP contribution >= 0.6 is 11.5 Å². The molecule has 4 heteroatoms. The average Bonchev–Trinajstić information content (AvgIpc) is 2.86. The van der Waals surface area contributed by atoms with Crippen LogP contribution in [0.5, 0.6) is 0 Å². The van der Waals surface area contributed by atoms with Crippen LogP contribution in [0.15, 0.2) is 42.5 Å². The second kappa shape index (κ2) is 4.97. The Morgan fingerprint density at radius 1 is 1.05 bits per heavy atom. The zero-order chi connectivity index (χ0) is 13.2. The molecule has 0 aliphatic carbocycles. The third-order valence-electron chi connectivity index (χ3n) is 2.85. The average molecular weight is 269 g/mol. The topological polar surface area (TPSA) is 37.8 Å². The number of aromatic nitrogens is 2. The lowest BCUT2D eigenvalue weighted by Crippen LogP contribution is -2.08. The summed E-state index contributed by atoms with van der Waals surface area (Å²) < 4.78 is 4.41. The van der Waals surface area contributed by atoms with Crippen molar-refractivity contribution in [1.29, 1.82) is 0 Å². The number of nitrogens with zero attached hydrogens (tertiary/aromatic N) is 2. The summed E-state index contributed by atoms with van der Waals surface area (Å²) in [6.45, 7) is 4.19. The van der Waals surface area contributed by atoms with Gasteiger partial charge in [0.1, 0.15) is 0 Å². The Labute approximate surface area is 116 Å². The molecule has 0 spiro atoms. The predicted molar refractivity (Wildman–Crippen MR) is 81.6 cm³/mol. The molecule has 0 saturated carbocycles. The summed E-state index contributed by atoms with van der Waals surface area (Å²) in [6, 6.07) is 15.0. The van der Waals surface area contributed by atoms with Gasteiger partial charge in [-0.25, -0.2) is 0 Å².